The number of hydrogen-bond donors (Lipinski definition) is 2. The first-order chi connectivity index (χ1) is 8.06. The number of para-hydroxylation sites is 1. The number of primary amides is 1. The van der Waals surface area contributed by atoms with Gasteiger partial charge in [-0.3, -0.25) is 4.79 Å². The second kappa shape index (κ2) is 5.56. The van der Waals surface area contributed by atoms with Crippen LogP contribution in [0.1, 0.15) is 22.3 Å². The Hall–Kier alpha value is -2.48. The third-order valence-electron chi connectivity index (χ3n) is 1.94. The van der Waals surface area contributed by atoms with E-state index in [9.17, 15) is 9.59 Å². The van der Waals surface area contributed by atoms with E-state index in [4.69, 9.17) is 15.6 Å². The van der Waals surface area contributed by atoms with Crippen molar-refractivity contribution in [2.24, 2.45) is 5.73 Å². The summed E-state index contributed by atoms with van der Waals surface area (Å²) in [6.07, 6.45) is -0.0829. The van der Waals surface area contributed by atoms with Gasteiger partial charge < -0.3 is 15.6 Å². The molecule has 0 saturated carbocycles. The number of ether oxygens (including phenoxy) is 1. The predicted octanol–water partition coefficient (Wildman–Crippen LogP) is 0.620. The molecule has 0 saturated heterocycles. The molecule has 5 nitrogen and oxygen atoms in total. The van der Waals surface area contributed by atoms with Crippen LogP contribution < -0.4 is 10.5 Å². The van der Waals surface area contributed by atoms with Crippen LogP contribution in [-0.4, -0.2) is 24.1 Å². The van der Waals surface area contributed by atoms with Crippen molar-refractivity contribution >= 4 is 11.9 Å². The van der Waals surface area contributed by atoms with Gasteiger partial charge in [0.05, 0.1) is 19.1 Å². The summed E-state index contributed by atoms with van der Waals surface area (Å²) in [5, 5.41) is 8.93. The molecule has 88 valence electrons. The minimum Gasteiger partial charge on any atom is -0.495 e. The number of hydrogen-bond acceptors (Lipinski definition) is 3. The number of carbonyl (C=O) groups excluding carboxylic acids is 1. The quantitative estimate of drug-likeness (QED) is 0.749. The Morgan fingerprint density at radius 1 is 1.47 bits per heavy atom. The molecule has 0 spiro atoms. The Balaban J connectivity index is 3.14. The Bertz CT molecular complexity index is 511. The first kappa shape index (κ1) is 12.6. The van der Waals surface area contributed by atoms with Crippen LogP contribution in [-0.2, 0) is 4.79 Å². The lowest BCUT2D eigenvalue weighted by atomic mass is 10.1. The van der Waals surface area contributed by atoms with Crippen LogP contribution in [0.15, 0.2) is 18.2 Å². The zero-order chi connectivity index (χ0) is 12.8. The Morgan fingerprint density at radius 2 is 2.18 bits per heavy atom. The highest BCUT2D eigenvalue weighted by Gasteiger charge is 2.13. The van der Waals surface area contributed by atoms with E-state index in [1.807, 2.05) is 0 Å². The average molecular weight is 233 g/mol. The largest absolute Gasteiger partial charge is 0.495 e. The number of nitrogens with two attached hydrogens (primary N) is 1. The number of aromatic carboxylic acids is 1. The molecule has 0 unspecified atom stereocenters. The maximum Gasteiger partial charge on any atom is 0.339 e. The molecule has 0 atom stereocenters. The van der Waals surface area contributed by atoms with Crippen LogP contribution in [0.3, 0.4) is 0 Å². The molecule has 1 aromatic carbocycles. The van der Waals surface area contributed by atoms with E-state index >= 15 is 0 Å². The van der Waals surface area contributed by atoms with E-state index in [1.165, 1.54) is 13.2 Å². The summed E-state index contributed by atoms with van der Waals surface area (Å²) in [5.74, 6) is 3.74. The molecule has 0 aromatic heterocycles. The zero-order valence-electron chi connectivity index (χ0n) is 9.19. The van der Waals surface area contributed by atoms with Crippen LogP contribution >= 0.6 is 0 Å². The highest BCUT2D eigenvalue weighted by atomic mass is 16.5. The molecule has 0 aliphatic carbocycles. The Labute approximate surface area is 98.2 Å². The molecule has 0 aliphatic heterocycles. The number of carboxylic acid groups (broad SMARTS) is 1. The van der Waals surface area contributed by atoms with Gasteiger partial charge in [-0.1, -0.05) is 17.9 Å². The third kappa shape index (κ3) is 3.24. The van der Waals surface area contributed by atoms with Crippen LogP contribution in [0.25, 0.3) is 0 Å². The Kier molecular flexibility index (Phi) is 4.12. The molecule has 0 aliphatic rings. The molecule has 5 heteroatoms. The maximum absolute atomic E-state index is 10.9. The van der Waals surface area contributed by atoms with Crippen LogP contribution in [0.5, 0.6) is 5.75 Å². The number of rotatable bonds is 3. The van der Waals surface area contributed by atoms with Crippen LogP contribution in [0.4, 0.5) is 0 Å². The fourth-order valence-corrected chi connectivity index (χ4v) is 1.25. The number of benzene rings is 1. The molecule has 1 amide bonds. The highest BCUT2D eigenvalue weighted by Crippen LogP contribution is 2.22. The molecule has 1 rings (SSSR count). The molecule has 0 radical (unpaired) electrons. The van der Waals surface area contributed by atoms with Crippen molar-refractivity contribution in [1.82, 2.24) is 0 Å². The molecular weight excluding hydrogens is 222 g/mol. The number of methoxy groups -OCH3 is 1. The van der Waals surface area contributed by atoms with Gasteiger partial charge in [-0.05, 0) is 12.1 Å². The fraction of sp³-hybridized carbons (Fsp3) is 0.167. The number of amides is 1. The topological polar surface area (TPSA) is 89.6 Å². The summed E-state index contributed by atoms with van der Waals surface area (Å²) < 4.78 is 5.00. The molecule has 0 heterocycles. The van der Waals surface area contributed by atoms with Gasteiger partial charge in [0.1, 0.15) is 11.3 Å². The monoisotopic (exact) mass is 233 g/mol. The highest BCUT2D eigenvalue weighted by molar-refractivity contribution is 5.92. The van der Waals surface area contributed by atoms with Gasteiger partial charge >= 0.3 is 5.97 Å². The van der Waals surface area contributed by atoms with Gasteiger partial charge in [-0.25, -0.2) is 4.79 Å². The van der Waals surface area contributed by atoms with Crippen molar-refractivity contribution in [3.8, 4) is 17.6 Å². The van der Waals surface area contributed by atoms with E-state index in [2.05, 4.69) is 11.8 Å². The van der Waals surface area contributed by atoms with Crippen molar-refractivity contribution < 1.29 is 19.4 Å². The van der Waals surface area contributed by atoms with E-state index in [1.54, 1.807) is 12.1 Å². The zero-order valence-corrected chi connectivity index (χ0v) is 9.19. The van der Waals surface area contributed by atoms with Gasteiger partial charge in [-0.2, -0.15) is 0 Å². The number of carboxylic acids is 1. The summed E-state index contributed by atoms with van der Waals surface area (Å²) in [4.78, 5) is 21.4. The van der Waals surface area contributed by atoms with Gasteiger partial charge in [0.15, 0.2) is 0 Å². The number of carbonyl (C=O) groups is 2. The molecule has 0 bridgehead atoms. The third-order valence-corrected chi connectivity index (χ3v) is 1.94. The molecule has 3 N–H and O–H groups in total. The normalized spacial score (nSPS) is 9.00. The summed E-state index contributed by atoms with van der Waals surface area (Å²) in [5.41, 5.74) is 5.38. The molecule has 17 heavy (non-hydrogen) atoms. The van der Waals surface area contributed by atoms with E-state index in [0.717, 1.165) is 0 Å². The van der Waals surface area contributed by atoms with E-state index < -0.39 is 11.9 Å². The average Bonchev–Trinajstić information content (AvgIpc) is 2.28. The van der Waals surface area contributed by atoms with Crippen molar-refractivity contribution in [1.29, 1.82) is 0 Å². The Morgan fingerprint density at radius 3 is 2.71 bits per heavy atom. The van der Waals surface area contributed by atoms with E-state index in [-0.39, 0.29) is 17.7 Å². The van der Waals surface area contributed by atoms with Crippen LogP contribution in [0.2, 0.25) is 0 Å². The summed E-state index contributed by atoms with van der Waals surface area (Å²) >= 11 is 0. The molecule has 0 fully saturated rings. The predicted molar refractivity (Wildman–Crippen MR) is 60.6 cm³/mol. The minimum absolute atomic E-state index is 0.0263. The summed E-state index contributed by atoms with van der Waals surface area (Å²) in [6, 6.07) is 4.58. The molecule has 1 aromatic rings. The lowest BCUT2D eigenvalue weighted by Crippen LogP contribution is -2.08. The van der Waals surface area contributed by atoms with Crippen molar-refractivity contribution in [2.45, 2.75) is 6.42 Å². The lowest BCUT2D eigenvalue weighted by molar-refractivity contribution is -0.117. The second-order valence-corrected chi connectivity index (χ2v) is 3.14. The first-order valence-electron chi connectivity index (χ1n) is 4.73. The maximum atomic E-state index is 10.9. The van der Waals surface area contributed by atoms with Gasteiger partial charge in [-0.15, -0.1) is 0 Å². The fourth-order valence-electron chi connectivity index (χ4n) is 1.25. The first-order valence-corrected chi connectivity index (χ1v) is 4.73. The van der Waals surface area contributed by atoms with Crippen molar-refractivity contribution in [3.63, 3.8) is 0 Å². The van der Waals surface area contributed by atoms with Crippen molar-refractivity contribution in [2.75, 3.05) is 7.11 Å². The van der Waals surface area contributed by atoms with Crippen LogP contribution in [0, 0.1) is 11.8 Å². The van der Waals surface area contributed by atoms with Gasteiger partial charge in [0, 0.05) is 0 Å². The minimum atomic E-state index is -1.10. The summed E-state index contributed by atoms with van der Waals surface area (Å²) in [6.45, 7) is 0. The standard InChI is InChI=1S/C12H11NO4/c1-17-11-8(5-3-7-10(13)14)4-2-6-9(11)12(15)16/h2,4,6H,7H2,1H3,(H2,13,14)(H,15,16). The lowest BCUT2D eigenvalue weighted by Gasteiger charge is -2.06. The van der Waals surface area contributed by atoms with Crippen molar-refractivity contribution in [3.05, 3.63) is 29.3 Å². The molecular formula is C12H11NO4. The second-order valence-electron chi connectivity index (χ2n) is 3.14. The summed E-state index contributed by atoms with van der Waals surface area (Å²) in [7, 11) is 1.36. The van der Waals surface area contributed by atoms with Gasteiger partial charge in [0.2, 0.25) is 5.91 Å². The van der Waals surface area contributed by atoms with Gasteiger partial charge in [0.25, 0.3) is 0 Å². The smallest absolute Gasteiger partial charge is 0.339 e. The van der Waals surface area contributed by atoms with E-state index in [0.29, 0.717) is 5.56 Å². The SMILES string of the molecule is COc1c(C#CCC(N)=O)cccc1C(=O)O.